The number of carbonyl (C=O) groups excluding carboxylic acids is 1. The van der Waals surface area contributed by atoms with Gasteiger partial charge in [0.25, 0.3) is 5.91 Å². The van der Waals surface area contributed by atoms with E-state index in [1.807, 2.05) is 13.8 Å². The van der Waals surface area contributed by atoms with Crippen molar-refractivity contribution in [1.82, 2.24) is 19.0 Å². The van der Waals surface area contributed by atoms with Crippen molar-refractivity contribution in [2.75, 3.05) is 6.54 Å². The van der Waals surface area contributed by atoms with Gasteiger partial charge in [0.2, 0.25) is 0 Å². The molecule has 2 aromatic rings. The van der Waals surface area contributed by atoms with Gasteiger partial charge in [-0.1, -0.05) is 25.4 Å². The van der Waals surface area contributed by atoms with E-state index < -0.39 is 23.1 Å². The summed E-state index contributed by atoms with van der Waals surface area (Å²) in [6, 6.07) is 1.98. The zero-order valence-corrected chi connectivity index (χ0v) is 16.2. The topological polar surface area (TPSA) is 78.0 Å². The van der Waals surface area contributed by atoms with Crippen molar-refractivity contribution in [1.29, 1.82) is 0 Å². The van der Waals surface area contributed by atoms with Gasteiger partial charge in [0, 0.05) is 20.6 Å². The molecule has 1 aromatic heterocycles. The van der Waals surface area contributed by atoms with Gasteiger partial charge in [-0.25, -0.2) is 18.5 Å². The molecule has 10 heteroatoms. The average Bonchev–Trinajstić information content (AvgIpc) is 2.58. The number of benzene rings is 1. The van der Waals surface area contributed by atoms with E-state index in [4.69, 9.17) is 23.8 Å². The van der Waals surface area contributed by atoms with E-state index in [9.17, 15) is 18.8 Å². The van der Waals surface area contributed by atoms with Crippen LogP contribution in [0.3, 0.4) is 0 Å². The Morgan fingerprint density at radius 1 is 1.23 bits per heavy atom. The molecule has 0 bridgehead atoms. The van der Waals surface area contributed by atoms with Gasteiger partial charge < -0.3 is 5.32 Å². The van der Waals surface area contributed by atoms with E-state index in [0.29, 0.717) is 11.1 Å². The molecule has 0 aliphatic carbocycles. The van der Waals surface area contributed by atoms with Crippen molar-refractivity contribution in [3.8, 4) is 5.69 Å². The number of hydrogen-bond donors (Lipinski definition) is 1. The van der Waals surface area contributed by atoms with Crippen molar-refractivity contribution >= 4 is 29.7 Å². The van der Waals surface area contributed by atoms with Gasteiger partial charge in [0.1, 0.15) is 5.82 Å². The van der Waals surface area contributed by atoms with E-state index >= 15 is 0 Å². The molecule has 0 radical (unpaired) electrons. The lowest BCUT2D eigenvalue weighted by atomic mass is 10.1. The molecule has 0 saturated heterocycles. The molecule has 0 spiro atoms. The fourth-order valence-corrected chi connectivity index (χ4v) is 2.64. The number of hydrogen-bond acceptors (Lipinski definition) is 4. The highest BCUT2D eigenvalue weighted by molar-refractivity contribution is 7.71. The van der Waals surface area contributed by atoms with Gasteiger partial charge in [-0.3, -0.25) is 13.9 Å². The first kappa shape index (κ1) is 20.1. The van der Waals surface area contributed by atoms with E-state index in [1.165, 1.54) is 14.1 Å². The van der Waals surface area contributed by atoms with Crippen LogP contribution in [-0.4, -0.2) is 26.2 Å². The minimum Gasteiger partial charge on any atom is -0.352 e. The van der Waals surface area contributed by atoms with Crippen molar-refractivity contribution < 1.29 is 9.18 Å². The molecule has 26 heavy (non-hydrogen) atoms. The summed E-state index contributed by atoms with van der Waals surface area (Å²) >= 11 is 11.0. The number of halogens is 2. The minimum atomic E-state index is -0.910. The monoisotopic (exact) mass is 400 g/mol. The Morgan fingerprint density at radius 2 is 1.77 bits per heavy atom. The van der Waals surface area contributed by atoms with Gasteiger partial charge >= 0.3 is 11.4 Å². The molecule has 1 heterocycles. The summed E-state index contributed by atoms with van der Waals surface area (Å²) in [4.78, 5) is 37.2. The maximum atomic E-state index is 14.5. The Kier molecular flexibility index (Phi) is 5.82. The van der Waals surface area contributed by atoms with Crippen LogP contribution in [0.15, 0.2) is 21.7 Å². The van der Waals surface area contributed by atoms with Gasteiger partial charge in [-0.05, 0) is 30.3 Å². The van der Waals surface area contributed by atoms with Crippen molar-refractivity contribution in [3.05, 3.63) is 54.3 Å². The van der Waals surface area contributed by atoms with E-state index in [1.54, 1.807) is 0 Å². The standard InChI is InChI=1S/C16H18ClFN4O3S/c1-8(2)7-19-13(23)9-5-12(11(18)6-10(9)17)22-14(24)20(3)16(26)21(4)15(22)25/h5-6,8H,7H2,1-4H3,(H,19,23). The van der Waals surface area contributed by atoms with Crippen LogP contribution in [-0.2, 0) is 14.1 Å². The largest absolute Gasteiger partial charge is 0.352 e. The maximum Gasteiger partial charge on any atom is 0.338 e. The van der Waals surface area contributed by atoms with Crippen LogP contribution in [0.1, 0.15) is 24.2 Å². The zero-order chi connectivity index (χ0) is 19.8. The molecule has 0 atom stereocenters. The van der Waals surface area contributed by atoms with Gasteiger partial charge in [0.15, 0.2) is 4.77 Å². The zero-order valence-electron chi connectivity index (χ0n) is 14.7. The number of carbonyl (C=O) groups is 1. The quantitative estimate of drug-likeness (QED) is 0.793. The van der Waals surface area contributed by atoms with Gasteiger partial charge in [-0.2, -0.15) is 0 Å². The first-order valence-corrected chi connectivity index (χ1v) is 8.51. The van der Waals surface area contributed by atoms with Crippen molar-refractivity contribution in [2.24, 2.45) is 20.0 Å². The second-order valence-corrected chi connectivity index (χ2v) is 6.96. The highest BCUT2D eigenvalue weighted by atomic mass is 35.5. The number of nitrogens with one attached hydrogen (secondary N) is 1. The Bertz CT molecular complexity index is 1010. The van der Waals surface area contributed by atoms with Crippen molar-refractivity contribution in [3.63, 3.8) is 0 Å². The predicted molar refractivity (Wildman–Crippen MR) is 99.2 cm³/mol. The molecule has 1 amide bonds. The molecule has 0 aliphatic rings. The third-order valence-corrected chi connectivity index (χ3v) is 4.58. The van der Waals surface area contributed by atoms with Crippen LogP contribution in [0.5, 0.6) is 0 Å². The molecule has 140 valence electrons. The highest BCUT2D eigenvalue weighted by Gasteiger charge is 2.20. The number of aromatic nitrogens is 3. The summed E-state index contributed by atoms with van der Waals surface area (Å²) < 4.78 is 17.1. The molecule has 0 unspecified atom stereocenters. The lowest BCUT2D eigenvalue weighted by molar-refractivity contribution is 0.0949. The molecule has 0 saturated carbocycles. The van der Waals surface area contributed by atoms with E-state index in [0.717, 1.165) is 21.3 Å². The first-order chi connectivity index (χ1) is 12.1. The molecule has 1 aromatic carbocycles. The third-order valence-electron chi connectivity index (χ3n) is 3.72. The van der Waals surface area contributed by atoms with Gasteiger partial charge in [0.05, 0.1) is 16.3 Å². The molecular weight excluding hydrogens is 383 g/mol. The Hall–Kier alpha value is -2.26. The second-order valence-electron chi connectivity index (χ2n) is 6.19. The SMILES string of the molecule is CC(C)CNC(=O)c1cc(-n2c(=O)n(C)c(=S)n(C)c2=O)c(F)cc1Cl. The molecule has 7 nitrogen and oxygen atoms in total. The molecule has 0 aliphatic heterocycles. The van der Waals surface area contributed by atoms with Crippen LogP contribution in [0, 0.1) is 16.5 Å². The van der Waals surface area contributed by atoms with Crippen molar-refractivity contribution in [2.45, 2.75) is 13.8 Å². The summed E-state index contributed by atoms with van der Waals surface area (Å²) in [5.74, 6) is -1.24. The highest BCUT2D eigenvalue weighted by Crippen LogP contribution is 2.22. The van der Waals surface area contributed by atoms with Crippen LogP contribution >= 0.6 is 23.8 Å². The first-order valence-electron chi connectivity index (χ1n) is 7.73. The molecule has 0 fully saturated rings. The Labute approximate surface area is 158 Å². The summed E-state index contributed by atoms with van der Waals surface area (Å²) in [6.45, 7) is 4.22. The molecule has 2 rings (SSSR count). The van der Waals surface area contributed by atoms with E-state index in [-0.39, 0.29) is 27.0 Å². The van der Waals surface area contributed by atoms with Gasteiger partial charge in [-0.15, -0.1) is 0 Å². The van der Waals surface area contributed by atoms with Crippen LogP contribution in [0.4, 0.5) is 4.39 Å². The smallest absolute Gasteiger partial charge is 0.338 e. The lowest BCUT2D eigenvalue weighted by Gasteiger charge is -2.14. The second kappa shape index (κ2) is 7.55. The summed E-state index contributed by atoms with van der Waals surface area (Å²) in [7, 11) is 2.73. The summed E-state index contributed by atoms with van der Waals surface area (Å²) in [5, 5.41) is 2.54. The third kappa shape index (κ3) is 3.63. The molecule has 1 N–H and O–H groups in total. The summed E-state index contributed by atoms with van der Waals surface area (Å²) in [5.41, 5.74) is -2.07. The lowest BCUT2D eigenvalue weighted by Crippen LogP contribution is -2.44. The predicted octanol–water partition coefficient (Wildman–Crippen LogP) is 1.78. The number of amides is 1. The van der Waals surface area contributed by atoms with E-state index in [2.05, 4.69) is 5.32 Å². The fraction of sp³-hybridized carbons (Fsp3) is 0.375. The average molecular weight is 401 g/mol. The minimum absolute atomic E-state index is 0.0134. The Morgan fingerprint density at radius 3 is 2.27 bits per heavy atom. The van der Waals surface area contributed by atoms with Crippen LogP contribution in [0.25, 0.3) is 5.69 Å². The van der Waals surface area contributed by atoms with Crippen LogP contribution < -0.4 is 16.7 Å². The number of rotatable bonds is 4. The Balaban J connectivity index is 2.72. The normalized spacial score (nSPS) is 11.0. The fourth-order valence-electron chi connectivity index (χ4n) is 2.25. The molecular formula is C16H18ClFN4O3S. The maximum absolute atomic E-state index is 14.5. The van der Waals surface area contributed by atoms with Crippen LogP contribution in [0.2, 0.25) is 5.02 Å². The number of nitrogens with zero attached hydrogens (tertiary/aromatic N) is 3. The summed E-state index contributed by atoms with van der Waals surface area (Å²) in [6.07, 6.45) is 0.